The maximum absolute atomic E-state index is 8.71. The number of aliphatic hydroxyl groups is 3. The Bertz CT molecular complexity index is 116. The monoisotopic (exact) mass is 221 g/mol. The van der Waals surface area contributed by atoms with Gasteiger partial charge in [-0.05, 0) is 12.8 Å². The van der Waals surface area contributed by atoms with Crippen LogP contribution in [0.15, 0.2) is 0 Å². The van der Waals surface area contributed by atoms with Crippen molar-refractivity contribution in [1.29, 1.82) is 0 Å². The summed E-state index contributed by atoms with van der Waals surface area (Å²) in [6.45, 7) is 3.79. The number of hydrogen-bond acceptors (Lipinski definition) is 5. The summed E-state index contributed by atoms with van der Waals surface area (Å²) >= 11 is 0. The van der Waals surface area contributed by atoms with E-state index in [2.05, 4.69) is 4.90 Å². The number of ether oxygens (including phenoxy) is 1. The van der Waals surface area contributed by atoms with Gasteiger partial charge in [-0.15, -0.1) is 0 Å². The number of rotatable bonds is 11. The molecular weight excluding hydrogens is 198 g/mol. The molecule has 3 N–H and O–H groups in total. The lowest BCUT2D eigenvalue weighted by Gasteiger charge is -2.21. The molecule has 0 rings (SSSR count). The first-order chi connectivity index (χ1) is 7.35. The van der Waals surface area contributed by atoms with Crippen LogP contribution >= 0.6 is 0 Å². The summed E-state index contributed by atoms with van der Waals surface area (Å²) in [7, 11) is 0. The molecule has 92 valence electrons. The maximum atomic E-state index is 8.71. The Morgan fingerprint density at radius 2 is 1.33 bits per heavy atom. The SMILES string of the molecule is OCCCN(CCCO)CCOCCO. The third-order valence-electron chi connectivity index (χ3n) is 2.05. The molecule has 0 aliphatic heterocycles. The first-order valence-electron chi connectivity index (χ1n) is 5.47. The Morgan fingerprint density at radius 1 is 0.733 bits per heavy atom. The molecule has 0 amide bonds. The van der Waals surface area contributed by atoms with E-state index < -0.39 is 0 Å². The zero-order valence-electron chi connectivity index (χ0n) is 9.27. The third kappa shape index (κ3) is 10.1. The topological polar surface area (TPSA) is 73.2 Å². The van der Waals surface area contributed by atoms with E-state index in [1.165, 1.54) is 0 Å². The summed E-state index contributed by atoms with van der Waals surface area (Å²) in [6, 6.07) is 0. The summed E-state index contributed by atoms with van der Waals surface area (Å²) in [6.07, 6.45) is 1.48. The molecule has 0 heterocycles. The van der Waals surface area contributed by atoms with Gasteiger partial charge < -0.3 is 25.0 Å². The zero-order valence-corrected chi connectivity index (χ0v) is 9.27. The Balaban J connectivity index is 3.49. The minimum atomic E-state index is 0.0489. The van der Waals surface area contributed by atoms with Gasteiger partial charge in [-0.3, -0.25) is 0 Å². The van der Waals surface area contributed by atoms with Gasteiger partial charge >= 0.3 is 0 Å². The number of aliphatic hydroxyl groups excluding tert-OH is 3. The van der Waals surface area contributed by atoms with Crippen LogP contribution in [0.4, 0.5) is 0 Å². The van der Waals surface area contributed by atoms with E-state index in [9.17, 15) is 0 Å². The van der Waals surface area contributed by atoms with Gasteiger partial charge in [0.05, 0.1) is 19.8 Å². The Hall–Kier alpha value is -0.200. The largest absolute Gasteiger partial charge is 0.396 e. The smallest absolute Gasteiger partial charge is 0.0698 e. The fourth-order valence-corrected chi connectivity index (χ4v) is 1.28. The molecule has 0 unspecified atom stereocenters. The van der Waals surface area contributed by atoms with Crippen LogP contribution < -0.4 is 0 Å². The van der Waals surface area contributed by atoms with Crippen LogP contribution in [0.5, 0.6) is 0 Å². The predicted octanol–water partition coefficient (Wildman–Crippen LogP) is -0.938. The van der Waals surface area contributed by atoms with Crippen LogP contribution in [0.25, 0.3) is 0 Å². The molecule has 0 radical (unpaired) electrons. The molecular formula is C10H23NO4. The van der Waals surface area contributed by atoms with E-state index >= 15 is 0 Å². The van der Waals surface area contributed by atoms with Gasteiger partial charge in [-0.25, -0.2) is 0 Å². The standard InChI is InChI=1S/C10H23NO4/c12-6-1-3-11(4-2-7-13)5-9-15-10-8-14/h12-14H,1-10H2. The highest BCUT2D eigenvalue weighted by atomic mass is 16.5. The molecule has 0 bridgehead atoms. The van der Waals surface area contributed by atoms with Gasteiger partial charge in [0.1, 0.15) is 0 Å². The number of hydrogen-bond donors (Lipinski definition) is 3. The average Bonchev–Trinajstić information content (AvgIpc) is 2.27. The lowest BCUT2D eigenvalue weighted by molar-refractivity contribution is 0.0706. The van der Waals surface area contributed by atoms with Gasteiger partial charge in [0, 0.05) is 32.8 Å². The molecule has 5 nitrogen and oxygen atoms in total. The Labute approximate surface area is 91.3 Å². The lowest BCUT2D eigenvalue weighted by atomic mass is 10.3. The maximum Gasteiger partial charge on any atom is 0.0698 e. The lowest BCUT2D eigenvalue weighted by Crippen LogP contribution is -2.31. The first kappa shape index (κ1) is 14.8. The summed E-state index contributed by atoms with van der Waals surface area (Å²) in [5.74, 6) is 0. The highest BCUT2D eigenvalue weighted by molar-refractivity contribution is 4.57. The molecule has 0 spiro atoms. The van der Waals surface area contributed by atoms with E-state index in [0.29, 0.717) is 13.2 Å². The molecule has 0 atom stereocenters. The summed E-state index contributed by atoms with van der Waals surface area (Å²) in [5, 5.41) is 25.9. The van der Waals surface area contributed by atoms with Crippen molar-refractivity contribution in [3.05, 3.63) is 0 Å². The molecule has 0 fully saturated rings. The van der Waals surface area contributed by atoms with Crippen LogP contribution in [-0.4, -0.2) is 72.9 Å². The van der Waals surface area contributed by atoms with Crippen molar-refractivity contribution in [2.24, 2.45) is 0 Å². The van der Waals surface area contributed by atoms with Gasteiger partial charge in [0.2, 0.25) is 0 Å². The average molecular weight is 221 g/mol. The second kappa shape index (κ2) is 11.9. The van der Waals surface area contributed by atoms with Crippen molar-refractivity contribution in [1.82, 2.24) is 4.90 Å². The van der Waals surface area contributed by atoms with Crippen molar-refractivity contribution in [2.45, 2.75) is 12.8 Å². The van der Waals surface area contributed by atoms with Crippen LogP contribution in [0.3, 0.4) is 0 Å². The van der Waals surface area contributed by atoms with Gasteiger partial charge in [-0.1, -0.05) is 0 Å². The van der Waals surface area contributed by atoms with Crippen LogP contribution in [0, 0.1) is 0 Å². The van der Waals surface area contributed by atoms with E-state index in [-0.39, 0.29) is 19.8 Å². The summed E-state index contributed by atoms with van der Waals surface area (Å²) < 4.78 is 5.16. The van der Waals surface area contributed by atoms with E-state index in [0.717, 1.165) is 32.5 Å². The normalized spacial score (nSPS) is 11.2. The summed E-state index contributed by atoms with van der Waals surface area (Å²) in [5.41, 5.74) is 0. The van der Waals surface area contributed by atoms with E-state index in [4.69, 9.17) is 20.1 Å². The molecule has 5 heteroatoms. The third-order valence-corrected chi connectivity index (χ3v) is 2.05. The zero-order chi connectivity index (χ0) is 11.4. The van der Waals surface area contributed by atoms with Crippen LogP contribution in [0.2, 0.25) is 0 Å². The van der Waals surface area contributed by atoms with Gasteiger partial charge in [0.25, 0.3) is 0 Å². The molecule has 0 aliphatic carbocycles. The van der Waals surface area contributed by atoms with Gasteiger partial charge in [0.15, 0.2) is 0 Å². The highest BCUT2D eigenvalue weighted by Crippen LogP contribution is 1.94. The van der Waals surface area contributed by atoms with Crippen molar-refractivity contribution in [2.75, 3.05) is 52.7 Å². The van der Waals surface area contributed by atoms with E-state index in [1.54, 1.807) is 0 Å². The second-order valence-electron chi connectivity index (χ2n) is 3.33. The quantitative estimate of drug-likeness (QED) is 0.393. The Morgan fingerprint density at radius 3 is 1.80 bits per heavy atom. The molecule has 0 aromatic heterocycles. The Kier molecular flexibility index (Phi) is 11.7. The van der Waals surface area contributed by atoms with Crippen molar-refractivity contribution in [3.63, 3.8) is 0 Å². The molecule has 0 aromatic rings. The van der Waals surface area contributed by atoms with Crippen LogP contribution in [0.1, 0.15) is 12.8 Å². The molecule has 0 aliphatic rings. The highest BCUT2D eigenvalue weighted by Gasteiger charge is 2.03. The van der Waals surface area contributed by atoms with Crippen molar-refractivity contribution < 1.29 is 20.1 Å². The van der Waals surface area contributed by atoms with Crippen molar-refractivity contribution in [3.8, 4) is 0 Å². The molecule has 0 saturated carbocycles. The minimum absolute atomic E-state index is 0.0489. The fourth-order valence-electron chi connectivity index (χ4n) is 1.28. The van der Waals surface area contributed by atoms with E-state index in [1.807, 2.05) is 0 Å². The van der Waals surface area contributed by atoms with Crippen molar-refractivity contribution >= 4 is 0 Å². The van der Waals surface area contributed by atoms with Gasteiger partial charge in [-0.2, -0.15) is 0 Å². The summed E-state index contributed by atoms with van der Waals surface area (Å²) in [4.78, 5) is 2.14. The molecule has 0 saturated heterocycles. The molecule has 0 aromatic carbocycles. The first-order valence-corrected chi connectivity index (χ1v) is 5.47. The van der Waals surface area contributed by atoms with Crippen LogP contribution in [-0.2, 0) is 4.74 Å². The fraction of sp³-hybridized carbons (Fsp3) is 1.00. The molecule has 15 heavy (non-hydrogen) atoms. The minimum Gasteiger partial charge on any atom is -0.396 e. The predicted molar refractivity (Wildman–Crippen MR) is 57.8 cm³/mol. The number of nitrogens with zero attached hydrogens (tertiary/aromatic N) is 1. The second-order valence-corrected chi connectivity index (χ2v) is 3.33.